The summed E-state index contributed by atoms with van der Waals surface area (Å²) in [4.78, 5) is 0. The minimum absolute atomic E-state index is 0.0556. The van der Waals surface area contributed by atoms with Gasteiger partial charge in [-0.05, 0) is 19.9 Å². The zero-order valence-electron chi connectivity index (χ0n) is 7.45. The first-order chi connectivity index (χ1) is 5.43. The van der Waals surface area contributed by atoms with Gasteiger partial charge in [-0.25, -0.2) is 0 Å². The van der Waals surface area contributed by atoms with Crippen molar-refractivity contribution in [3.8, 4) is 0 Å². The smallest absolute Gasteiger partial charge is 0.156 e. The van der Waals surface area contributed by atoms with Gasteiger partial charge in [-0.3, -0.25) is 0 Å². The summed E-state index contributed by atoms with van der Waals surface area (Å²) in [5.74, 6) is -0.778. The predicted octanol–water partition coefficient (Wildman–Crippen LogP) is -0.0100. The third kappa shape index (κ3) is 9.42. The predicted molar refractivity (Wildman–Crippen MR) is 44.3 cm³/mol. The normalized spacial score (nSPS) is 15.9. The molecule has 0 saturated heterocycles. The Balaban J connectivity index is 0.000000217. The topological polar surface area (TPSA) is 69.9 Å². The summed E-state index contributed by atoms with van der Waals surface area (Å²) in [5.41, 5.74) is 0. The Hall–Kier alpha value is -0.580. The molecule has 0 aromatic rings. The van der Waals surface area contributed by atoms with Crippen LogP contribution >= 0.6 is 0 Å². The molecule has 1 aliphatic heterocycles. The van der Waals surface area contributed by atoms with E-state index in [1.807, 2.05) is 6.08 Å². The lowest BCUT2D eigenvalue weighted by Gasteiger charge is -2.03. The Kier molecular flexibility index (Phi) is 4.89. The molecule has 1 rings (SSSR count). The first-order valence-corrected chi connectivity index (χ1v) is 3.81. The lowest BCUT2D eigenvalue weighted by atomic mass is 10.4. The molecule has 12 heavy (non-hydrogen) atoms. The van der Waals surface area contributed by atoms with Crippen molar-refractivity contribution in [2.45, 2.75) is 26.1 Å². The molecule has 4 heteroatoms. The summed E-state index contributed by atoms with van der Waals surface area (Å²) < 4.78 is 4.91. The molecule has 0 aromatic heterocycles. The molecule has 0 atom stereocenters. The Bertz CT molecular complexity index is 140. The average molecular weight is 176 g/mol. The lowest BCUT2D eigenvalue weighted by Crippen LogP contribution is -2.15. The van der Waals surface area contributed by atoms with Crippen molar-refractivity contribution >= 4 is 0 Å². The molecule has 4 nitrogen and oxygen atoms in total. The maximum absolute atomic E-state index is 8.37. The summed E-state index contributed by atoms with van der Waals surface area (Å²) in [7, 11) is 0. The fourth-order valence-electron chi connectivity index (χ4n) is 0.579. The number of hydrogen-bond donors (Lipinski definition) is 3. The quantitative estimate of drug-likeness (QED) is 0.491. The molecule has 3 N–H and O–H groups in total. The highest BCUT2D eigenvalue weighted by Crippen LogP contribution is 2.06. The average Bonchev–Trinajstić information content (AvgIpc) is 2.33. The van der Waals surface area contributed by atoms with Crippen LogP contribution in [0.3, 0.4) is 0 Å². The number of hydrogen-bond acceptors (Lipinski definition) is 4. The summed E-state index contributed by atoms with van der Waals surface area (Å²) in [5, 5.41) is 24.5. The van der Waals surface area contributed by atoms with E-state index in [1.54, 1.807) is 0 Å². The molecule has 72 valence electrons. The van der Waals surface area contributed by atoms with Gasteiger partial charge in [0.2, 0.25) is 0 Å². The van der Waals surface area contributed by atoms with Crippen LogP contribution in [-0.4, -0.2) is 34.3 Å². The fraction of sp³-hybridized carbons (Fsp3) is 0.750. The fourth-order valence-corrected chi connectivity index (χ4v) is 0.579. The second-order valence-corrected chi connectivity index (χ2v) is 2.96. The Labute approximate surface area is 72.1 Å². The zero-order valence-corrected chi connectivity index (χ0v) is 7.45. The van der Waals surface area contributed by atoms with Crippen molar-refractivity contribution in [1.29, 1.82) is 0 Å². The standard InChI is InChI=1S/C5H8O2.C3H8O2/c6-4-5-2-1-3-7-5;1-3(2,4)5/h2,6H,1,3-4H2;4-5H,1-2H3. The number of rotatable bonds is 1. The number of aliphatic hydroxyl groups is 3. The number of aliphatic hydroxyl groups excluding tert-OH is 1. The Morgan fingerprint density at radius 2 is 2.00 bits per heavy atom. The Morgan fingerprint density at radius 3 is 2.17 bits per heavy atom. The molecule has 0 fully saturated rings. The third-order valence-electron chi connectivity index (χ3n) is 0.933. The van der Waals surface area contributed by atoms with E-state index in [2.05, 4.69) is 0 Å². The van der Waals surface area contributed by atoms with E-state index >= 15 is 0 Å². The van der Waals surface area contributed by atoms with E-state index in [0.717, 1.165) is 18.8 Å². The minimum Gasteiger partial charge on any atom is -0.495 e. The van der Waals surface area contributed by atoms with Gasteiger partial charge in [0.1, 0.15) is 12.4 Å². The third-order valence-corrected chi connectivity index (χ3v) is 0.933. The van der Waals surface area contributed by atoms with Crippen LogP contribution in [0.5, 0.6) is 0 Å². The molecule has 0 amide bonds. The maximum Gasteiger partial charge on any atom is 0.156 e. The monoisotopic (exact) mass is 176 g/mol. The van der Waals surface area contributed by atoms with Crippen LogP contribution in [0, 0.1) is 0 Å². The molecule has 0 bridgehead atoms. The summed E-state index contributed by atoms with van der Waals surface area (Å²) in [6.07, 6.45) is 2.86. The molecule has 1 aliphatic rings. The molecule has 0 spiro atoms. The van der Waals surface area contributed by atoms with Gasteiger partial charge in [-0.1, -0.05) is 0 Å². The molecular formula is C8H16O4. The highest BCUT2D eigenvalue weighted by Gasteiger charge is 2.01. The largest absolute Gasteiger partial charge is 0.495 e. The minimum atomic E-state index is -1.50. The van der Waals surface area contributed by atoms with Crippen molar-refractivity contribution in [3.63, 3.8) is 0 Å². The second-order valence-electron chi connectivity index (χ2n) is 2.96. The summed E-state index contributed by atoms with van der Waals surface area (Å²) >= 11 is 0. The van der Waals surface area contributed by atoms with Gasteiger partial charge in [-0.15, -0.1) is 0 Å². The van der Waals surface area contributed by atoms with Crippen LogP contribution in [0.4, 0.5) is 0 Å². The van der Waals surface area contributed by atoms with Crippen LogP contribution in [0.15, 0.2) is 11.8 Å². The van der Waals surface area contributed by atoms with E-state index in [1.165, 1.54) is 13.8 Å². The van der Waals surface area contributed by atoms with E-state index in [9.17, 15) is 0 Å². The van der Waals surface area contributed by atoms with Crippen LogP contribution in [0.25, 0.3) is 0 Å². The second kappa shape index (κ2) is 5.13. The molecule has 0 unspecified atom stereocenters. The van der Waals surface area contributed by atoms with E-state index < -0.39 is 5.79 Å². The van der Waals surface area contributed by atoms with Crippen molar-refractivity contribution in [2.24, 2.45) is 0 Å². The number of ether oxygens (including phenoxy) is 1. The van der Waals surface area contributed by atoms with Crippen molar-refractivity contribution < 1.29 is 20.1 Å². The highest BCUT2D eigenvalue weighted by atomic mass is 16.5. The summed E-state index contributed by atoms with van der Waals surface area (Å²) in [6.45, 7) is 3.40. The summed E-state index contributed by atoms with van der Waals surface area (Å²) in [6, 6.07) is 0. The zero-order chi connectivity index (χ0) is 9.61. The van der Waals surface area contributed by atoms with Crippen molar-refractivity contribution in [3.05, 3.63) is 11.8 Å². The van der Waals surface area contributed by atoms with E-state index in [-0.39, 0.29) is 6.61 Å². The molecule has 0 saturated carbocycles. The molecule has 0 aliphatic carbocycles. The molecule has 1 heterocycles. The first-order valence-electron chi connectivity index (χ1n) is 3.81. The van der Waals surface area contributed by atoms with Gasteiger partial charge >= 0.3 is 0 Å². The SMILES string of the molecule is CC(C)(O)O.OCC1=CCCO1. The van der Waals surface area contributed by atoms with Crippen molar-refractivity contribution in [2.75, 3.05) is 13.2 Å². The van der Waals surface area contributed by atoms with Crippen LogP contribution in [0.2, 0.25) is 0 Å². The van der Waals surface area contributed by atoms with Crippen molar-refractivity contribution in [1.82, 2.24) is 0 Å². The lowest BCUT2D eigenvalue weighted by molar-refractivity contribution is -0.127. The van der Waals surface area contributed by atoms with Gasteiger partial charge in [0.05, 0.1) is 6.61 Å². The Morgan fingerprint density at radius 1 is 1.50 bits per heavy atom. The van der Waals surface area contributed by atoms with Crippen LogP contribution in [0.1, 0.15) is 20.3 Å². The molecule has 0 aromatic carbocycles. The van der Waals surface area contributed by atoms with Gasteiger partial charge in [0.15, 0.2) is 5.79 Å². The van der Waals surface area contributed by atoms with E-state index in [4.69, 9.17) is 20.1 Å². The van der Waals surface area contributed by atoms with Gasteiger partial charge < -0.3 is 20.1 Å². The van der Waals surface area contributed by atoms with Crippen LogP contribution < -0.4 is 0 Å². The first kappa shape index (κ1) is 11.4. The van der Waals surface area contributed by atoms with E-state index in [0.29, 0.717) is 0 Å². The molecular weight excluding hydrogens is 160 g/mol. The van der Waals surface area contributed by atoms with Gasteiger partial charge in [0, 0.05) is 6.42 Å². The van der Waals surface area contributed by atoms with Gasteiger partial charge in [0.25, 0.3) is 0 Å². The highest BCUT2D eigenvalue weighted by molar-refractivity contribution is 4.97. The molecule has 0 radical (unpaired) electrons. The van der Waals surface area contributed by atoms with Gasteiger partial charge in [-0.2, -0.15) is 0 Å². The maximum atomic E-state index is 8.37. The van der Waals surface area contributed by atoms with Crippen LogP contribution in [-0.2, 0) is 4.74 Å².